The highest BCUT2D eigenvalue weighted by Gasteiger charge is 2.15. The van der Waals surface area contributed by atoms with Gasteiger partial charge in [0, 0.05) is 6.04 Å². The van der Waals surface area contributed by atoms with E-state index in [2.05, 4.69) is 44.1 Å². The molecule has 0 radical (unpaired) electrons. The molecule has 1 atom stereocenters. The molecule has 0 fully saturated rings. The fourth-order valence-corrected chi connectivity index (χ4v) is 2.19. The molecule has 0 aromatic heterocycles. The second-order valence-corrected chi connectivity index (χ2v) is 5.98. The van der Waals surface area contributed by atoms with Crippen molar-refractivity contribution < 1.29 is 14.3 Å². The van der Waals surface area contributed by atoms with Gasteiger partial charge in [0.1, 0.15) is 6.61 Å². The third-order valence-electron chi connectivity index (χ3n) is 3.33. The van der Waals surface area contributed by atoms with Crippen LogP contribution in [0, 0.1) is 5.92 Å². The number of primary amides is 1. The number of carbonyl (C=O) groups excluding carboxylic acids is 2. The Labute approximate surface area is 158 Å². The third kappa shape index (κ3) is 15.2. The predicted octanol–water partition coefficient (Wildman–Crippen LogP) is 3.36. The lowest BCUT2D eigenvalue weighted by molar-refractivity contribution is -0.106. The third-order valence-corrected chi connectivity index (χ3v) is 3.33. The van der Waals surface area contributed by atoms with Crippen molar-refractivity contribution in [2.45, 2.75) is 52.7 Å². The molecule has 1 rings (SSSR count). The van der Waals surface area contributed by atoms with E-state index in [9.17, 15) is 4.79 Å². The van der Waals surface area contributed by atoms with Gasteiger partial charge in [-0.25, -0.2) is 4.79 Å². The Kier molecular flexibility index (Phi) is 17.4. The molecule has 0 heterocycles. The Bertz CT molecular complexity index is 490. The fourth-order valence-electron chi connectivity index (χ4n) is 2.19. The molecule has 0 bridgehead atoms. The maximum absolute atomic E-state index is 11.9. The molecule has 0 aliphatic heterocycles. The van der Waals surface area contributed by atoms with Gasteiger partial charge in [0.25, 0.3) is 0 Å². The molecule has 0 spiro atoms. The topological polar surface area (TPSA) is 107 Å². The summed E-state index contributed by atoms with van der Waals surface area (Å²) in [7, 11) is 1.50. The number of carbonyl (C=O) groups is 2. The predicted molar refractivity (Wildman–Crippen MR) is 107 cm³/mol. The van der Waals surface area contributed by atoms with Gasteiger partial charge in [-0.3, -0.25) is 4.79 Å². The molecule has 2 amide bonds. The first kappa shape index (κ1) is 25.9. The Morgan fingerprint density at radius 3 is 2.27 bits per heavy atom. The molecule has 26 heavy (non-hydrogen) atoms. The lowest BCUT2D eigenvalue weighted by Crippen LogP contribution is -2.36. The number of hydrogen-bond donors (Lipinski definition) is 3. The standard InChI is InChI=1S/C18H27NO2.CH3NO.CH5N/c1-5-15(4)12-17(11-14(2)3)19-18(20)21-13-16-9-7-6-8-10-16;2-1-3;1-2/h6-10,14,17H,4-5,11-13H2,1-3H3,(H,19,20);1H,(H2,2,3);2H2,1H3. The molecule has 0 saturated carbocycles. The van der Waals surface area contributed by atoms with Gasteiger partial charge in [0.05, 0.1) is 0 Å². The first-order valence-electron chi connectivity index (χ1n) is 8.79. The van der Waals surface area contributed by atoms with E-state index in [4.69, 9.17) is 9.53 Å². The number of hydrogen-bond acceptors (Lipinski definition) is 4. The molecule has 1 aromatic rings. The average Bonchev–Trinajstić information content (AvgIpc) is 2.62. The molecule has 0 aliphatic rings. The van der Waals surface area contributed by atoms with Gasteiger partial charge in [-0.15, -0.1) is 0 Å². The van der Waals surface area contributed by atoms with Gasteiger partial charge in [0.15, 0.2) is 0 Å². The maximum atomic E-state index is 11.9. The fraction of sp³-hybridized carbons (Fsp3) is 0.500. The number of benzene rings is 1. The number of nitrogens with two attached hydrogens (primary N) is 2. The summed E-state index contributed by atoms with van der Waals surface area (Å²) in [5, 5.41) is 2.96. The van der Waals surface area contributed by atoms with Crippen LogP contribution in [0.3, 0.4) is 0 Å². The van der Waals surface area contributed by atoms with Crippen LogP contribution < -0.4 is 16.8 Å². The average molecular weight is 366 g/mol. The van der Waals surface area contributed by atoms with Crippen molar-refractivity contribution in [3.63, 3.8) is 0 Å². The zero-order chi connectivity index (χ0) is 20.4. The first-order valence-corrected chi connectivity index (χ1v) is 8.79. The van der Waals surface area contributed by atoms with Gasteiger partial charge in [-0.05, 0) is 37.8 Å². The minimum absolute atomic E-state index is 0.0979. The van der Waals surface area contributed by atoms with Crippen molar-refractivity contribution in [1.29, 1.82) is 0 Å². The number of nitrogens with one attached hydrogen (secondary N) is 1. The van der Waals surface area contributed by atoms with Gasteiger partial charge in [-0.1, -0.05) is 63.3 Å². The molecule has 1 aromatic carbocycles. The van der Waals surface area contributed by atoms with Crippen LogP contribution in [0.4, 0.5) is 4.79 Å². The van der Waals surface area contributed by atoms with Crippen molar-refractivity contribution in [1.82, 2.24) is 5.32 Å². The number of amides is 2. The highest BCUT2D eigenvalue weighted by molar-refractivity contribution is 5.67. The van der Waals surface area contributed by atoms with E-state index in [1.165, 1.54) is 7.05 Å². The van der Waals surface area contributed by atoms with Crippen LogP contribution in [0.25, 0.3) is 0 Å². The quantitative estimate of drug-likeness (QED) is 0.485. The van der Waals surface area contributed by atoms with Gasteiger partial charge in [-0.2, -0.15) is 0 Å². The monoisotopic (exact) mass is 365 g/mol. The lowest BCUT2D eigenvalue weighted by atomic mass is 9.97. The SMILES string of the molecule is C=C(CC)CC(CC(C)C)NC(=O)OCc1ccccc1.CN.NC=O. The molecular formula is C20H35N3O3. The van der Waals surface area contributed by atoms with E-state index in [1.807, 2.05) is 30.3 Å². The van der Waals surface area contributed by atoms with Crippen LogP contribution in [-0.4, -0.2) is 25.6 Å². The van der Waals surface area contributed by atoms with Crippen LogP contribution >= 0.6 is 0 Å². The van der Waals surface area contributed by atoms with Gasteiger partial charge >= 0.3 is 6.09 Å². The molecule has 148 valence electrons. The molecule has 6 nitrogen and oxygen atoms in total. The Morgan fingerprint density at radius 2 is 1.81 bits per heavy atom. The largest absolute Gasteiger partial charge is 0.445 e. The van der Waals surface area contributed by atoms with Crippen molar-refractivity contribution in [3.05, 3.63) is 48.0 Å². The van der Waals surface area contributed by atoms with Crippen molar-refractivity contribution in [2.24, 2.45) is 17.4 Å². The van der Waals surface area contributed by atoms with Crippen molar-refractivity contribution in [3.8, 4) is 0 Å². The van der Waals surface area contributed by atoms with Crippen LogP contribution in [-0.2, 0) is 16.1 Å². The molecule has 5 N–H and O–H groups in total. The summed E-state index contributed by atoms with van der Waals surface area (Å²) in [6, 6.07) is 9.79. The number of ether oxygens (including phenoxy) is 1. The van der Waals surface area contributed by atoms with Gasteiger partial charge < -0.3 is 21.5 Å². The normalized spacial score (nSPS) is 10.4. The minimum atomic E-state index is -0.353. The van der Waals surface area contributed by atoms with Crippen LogP contribution in [0.15, 0.2) is 42.5 Å². The highest BCUT2D eigenvalue weighted by Crippen LogP contribution is 2.14. The number of alkyl carbamates (subject to hydrolysis) is 1. The lowest BCUT2D eigenvalue weighted by Gasteiger charge is -2.21. The summed E-state index contributed by atoms with van der Waals surface area (Å²) in [4.78, 5) is 20.5. The Hall–Kier alpha value is -2.34. The molecule has 0 saturated heterocycles. The summed E-state index contributed by atoms with van der Waals surface area (Å²) in [6.45, 7) is 10.7. The summed E-state index contributed by atoms with van der Waals surface area (Å²) in [5.74, 6) is 0.522. The van der Waals surface area contributed by atoms with E-state index in [0.717, 1.165) is 30.4 Å². The number of rotatable bonds is 8. The molecular weight excluding hydrogens is 330 g/mol. The van der Waals surface area contributed by atoms with Gasteiger partial charge in [0.2, 0.25) is 6.41 Å². The van der Waals surface area contributed by atoms with Crippen LogP contribution in [0.1, 0.15) is 45.6 Å². The Morgan fingerprint density at radius 1 is 1.27 bits per heavy atom. The zero-order valence-electron chi connectivity index (χ0n) is 16.5. The first-order chi connectivity index (χ1) is 12.4. The van der Waals surface area contributed by atoms with E-state index in [0.29, 0.717) is 12.5 Å². The summed E-state index contributed by atoms with van der Waals surface area (Å²) < 4.78 is 5.28. The minimum Gasteiger partial charge on any atom is -0.445 e. The molecule has 1 unspecified atom stereocenters. The summed E-state index contributed by atoms with van der Waals surface area (Å²) >= 11 is 0. The maximum Gasteiger partial charge on any atom is 0.407 e. The van der Waals surface area contributed by atoms with Crippen LogP contribution in [0.5, 0.6) is 0 Å². The van der Waals surface area contributed by atoms with Crippen LogP contribution in [0.2, 0.25) is 0 Å². The zero-order valence-corrected chi connectivity index (χ0v) is 16.5. The van der Waals surface area contributed by atoms with E-state index in [1.54, 1.807) is 0 Å². The molecule has 6 heteroatoms. The summed E-state index contributed by atoms with van der Waals surface area (Å²) in [6.07, 6.45) is 2.58. The molecule has 0 aliphatic carbocycles. The smallest absolute Gasteiger partial charge is 0.407 e. The highest BCUT2D eigenvalue weighted by atomic mass is 16.5. The second kappa shape index (κ2) is 17.5. The van der Waals surface area contributed by atoms with Crippen molar-refractivity contribution in [2.75, 3.05) is 7.05 Å². The van der Waals surface area contributed by atoms with E-state index < -0.39 is 0 Å². The Balaban J connectivity index is 0. The second-order valence-electron chi connectivity index (χ2n) is 5.98. The van der Waals surface area contributed by atoms with Crippen molar-refractivity contribution >= 4 is 12.5 Å². The summed E-state index contributed by atoms with van der Waals surface area (Å²) in [5.41, 5.74) is 10.8. The van der Waals surface area contributed by atoms with E-state index >= 15 is 0 Å². The van der Waals surface area contributed by atoms with E-state index in [-0.39, 0.29) is 18.5 Å².